The Balaban J connectivity index is 2.96. The zero-order valence-electron chi connectivity index (χ0n) is 7.66. The van der Waals surface area contributed by atoms with Crippen LogP contribution < -0.4 is 4.90 Å². The molecule has 1 aromatic rings. The average molecular weight is 195 g/mol. The van der Waals surface area contributed by atoms with Crippen LogP contribution in [0, 0.1) is 12.3 Å². The Hall–Kier alpha value is -1.20. The fourth-order valence-corrected chi connectivity index (χ4v) is 1.19. The molecule has 68 valence electrons. The number of rotatable bonds is 2. The van der Waals surface area contributed by atoms with Gasteiger partial charge in [-0.3, -0.25) is 0 Å². The maximum Gasteiger partial charge on any atom is 0.148 e. The van der Waals surface area contributed by atoms with Crippen molar-refractivity contribution in [3.8, 4) is 12.3 Å². The van der Waals surface area contributed by atoms with Crippen LogP contribution in [-0.2, 0) is 0 Å². The van der Waals surface area contributed by atoms with Crippen molar-refractivity contribution in [1.29, 1.82) is 0 Å². The van der Waals surface area contributed by atoms with Gasteiger partial charge in [0.15, 0.2) is 0 Å². The third-order valence-corrected chi connectivity index (χ3v) is 2.19. The molecule has 0 N–H and O–H groups in total. The van der Waals surface area contributed by atoms with Crippen LogP contribution in [0.2, 0.25) is 5.02 Å². The van der Waals surface area contributed by atoms with Crippen molar-refractivity contribution in [2.24, 2.45) is 0 Å². The van der Waals surface area contributed by atoms with Crippen molar-refractivity contribution in [3.05, 3.63) is 23.4 Å². The van der Waals surface area contributed by atoms with Gasteiger partial charge >= 0.3 is 0 Å². The zero-order valence-corrected chi connectivity index (χ0v) is 8.42. The van der Waals surface area contributed by atoms with E-state index in [0.29, 0.717) is 5.02 Å². The lowest BCUT2D eigenvalue weighted by atomic mass is 10.3. The summed E-state index contributed by atoms with van der Waals surface area (Å²) in [5, 5.41) is 0.618. The van der Waals surface area contributed by atoms with E-state index in [-0.39, 0.29) is 6.04 Å². The molecule has 0 spiro atoms. The minimum atomic E-state index is -0.00704. The van der Waals surface area contributed by atoms with E-state index in [2.05, 4.69) is 10.9 Å². The second-order valence-electron chi connectivity index (χ2n) is 2.76. The van der Waals surface area contributed by atoms with Crippen molar-refractivity contribution < 1.29 is 0 Å². The van der Waals surface area contributed by atoms with Gasteiger partial charge in [0.25, 0.3) is 0 Å². The Morgan fingerprint density at radius 3 is 2.92 bits per heavy atom. The summed E-state index contributed by atoms with van der Waals surface area (Å²) in [6.45, 7) is 1.92. The summed E-state index contributed by atoms with van der Waals surface area (Å²) < 4.78 is 0. The SMILES string of the molecule is C#CC(C)N(C)c1ncccc1Cl. The maximum absolute atomic E-state index is 5.95. The molecular weight excluding hydrogens is 184 g/mol. The number of pyridine rings is 1. The number of anilines is 1. The van der Waals surface area contributed by atoms with Crippen molar-refractivity contribution in [3.63, 3.8) is 0 Å². The standard InChI is InChI=1S/C10H11ClN2/c1-4-8(2)13(3)10-9(11)6-5-7-12-10/h1,5-8H,2-3H3. The first-order chi connectivity index (χ1) is 6.16. The Morgan fingerprint density at radius 2 is 2.38 bits per heavy atom. The van der Waals surface area contributed by atoms with Crippen LogP contribution in [0.15, 0.2) is 18.3 Å². The maximum atomic E-state index is 5.95. The van der Waals surface area contributed by atoms with Gasteiger partial charge in [-0.15, -0.1) is 6.42 Å². The minimum Gasteiger partial charge on any atom is -0.345 e. The summed E-state index contributed by atoms with van der Waals surface area (Å²) in [7, 11) is 1.87. The van der Waals surface area contributed by atoms with Crippen molar-refractivity contribution in [1.82, 2.24) is 4.98 Å². The molecule has 0 radical (unpaired) electrons. The smallest absolute Gasteiger partial charge is 0.148 e. The van der Waals surface area contributed by atoms with Gasteiger partial charge in [0.05, 0.1) is 11.1 Å². The van der Waals surface area contributed by atoms with Crippen molar-refractivity contribution >= 4 is 17.4 Å². The predicted octanol–water partition coefficient (Wildman–Crippen LogP) is 2.19. The molecule has 0 fully saturated rings. The fraction of sp³-hybridized carbons (Fsp3) is 0.300. The summed E-state index contributed by atoms with van der Waals surface area (Å²) >= 11 is 5.95. The lowest BCUT2D eigenvalue weighted by Gasteiger charge is -2.22. The van der Waals surface area contributed by atoms with E-state index >= 15 is 0 Å². The number of hydrogen-bond acceptors (Lipinski definition) is 2. The van der Waals surface area contributed by atoms with Gasteiger partial charge in [0.2, 0.25) is 0 Å². The molecule has 0 aromatic carbocycles. The number of halogens is 1. The van der Waals surface area contributed by atoms with E-state index in [9.17, 15) is 0 Å². The molecule has 0 bridgehead atoms. The van der Waals surface area contributed by atoms with Gasteiger partial charge < -0.3 is 4.90 Å². The second-order valence-corrected chi connectivity index (χ2v) is 3.17. The Labute approximate surface area is 83.5 Å². The highest BCUT2D eigenvalue weighted by atomic mass is 35.5. The van der Waals surface area contributed by atoms with E-state index in [4.69, 9.17) is 18.0 Å². The van der Waals surface area contributed by atoms with E-state index < -0.39 is 0 Å². The summed E-state index contributed by atoms with van der Waals surface area (Å²) in [4.78, 5) is 6.01. The van der Waals surface area contributed by atoms with Crippen LogP contribution >= 0.6 is 11.6 Å². The number of aromatic nitrogens is 1. The lowest BCUT2D eigenvalue weighted by Crippen LogP contribution is -2.28. The summed E-state index contributed by atoms with van der Waals surface area (Å²) in [5.74, 6) is 3.33. The highest BCUT2D eigenvalue weighted by Crippen LogP contribution is 2.22. The summed E-state index contributed by atoms with van der Waals surface area (Å²) in [6, 6.07) is 3.58. The van der Waals surface area contributed by atoms with Crippen LogP contribution in [0.5, 0.6) is 0 Å². The molecule has 1 atom stereocenters. The molecule has 1 rings (SSSR count). The zero-order chi connectivity index (χ0) is 9.84. The molecule has 1 unspecified atom stereocenters. The van der Waals surface area contributed by atoms with Crippen LogP contribution in [0.3, 0.4) is 0 Å². The van der Waals surface area contributed by atoms with Crippen LogP contribution in [-0.4, -0.2) is 18.1 Å². The third kappa shape index (κ3) is 2.13. The highest BCUT2D eigenvalue weighted by molar-refractivity contribution is 6.32. The van der Waals surface area contributed by atoms with E-state index in [1.165, 1.54) is 0 Å². The molecule has 3 heteroatoms. The quantitative estimate of drug-likeness (QED) is 0.671. The molecule has 0 saturated heterocycles. The molecule has 0 aliphatic carbocycles. The second kappa shape index (κ2) is 4.15. The molecule has 13 heavy (non-hydrogen) atoms. The first-order valence-corrected chi connectivity index (χ1v) is 4.34. The van der Waals surface area contributed by atoms with E-state index in [0.717, 1.165) is 5.82 Å². The first-order valence-electron chi connectivity index (χ1n) is 3.96. The van der Waals surface area contributed by atoms with Gasteiger partial charge in [-0.05, 0) is 19.1 Å². The fourth-order valence-electron chi connectivity index (χ4n) is 0.932. The van der Waals surface area contributed by atoms with Gasteiger partial charge in [-0.2, -0.15) is 0 Å². The van der Waals surface area contributed by atoms with Crippen molar-refractivity contribution in [2.45, 2.75) is 13.0 Å². The van der Waals surface area contributed by atoms with Gasteiger partial charge in [-0.25, -0.2) is 4.98 Å². The molecule has 0 aliphatic heterocycles. The number of terminal acetylenes is 1. The monoisotopic (exact) mass is 194 g/mol. The van der Waals surface area contributed by atoms with Crippen LogP contribution in [0.1, 0.15) is 6.92 Å². The molecule has 2 nitrogen and oxygen atoms in total. The van der Waals surface area contributed by atoms with Gasteiger partial charge in [0.1, 0.15) is 5.82 Å². The van der Waals surface area contributed by atoms with Crippen LogP contribution in [0.25, 0.3) is 0 Å². The molecule has 1 heterocycles. The molecular formula is C10H11ClN2. The normalized spacial score (nSPS) is 11.8. The van der Waals surface area contributed by atoms with Crippen molar-refractivity contribution in [2.75, 3.05) is 11.9 Å². The first kappa shape index (κ1) is 9.88. The topological polar surface area (TPSA) is 16.1 Å². The Morgan fingerprint density at radius 1 is 1.69 bits per heavy atom. The number of hydrogen-bond donors (Lipinski definition) is 0. The predicted molar refractivity (Wildman–Crippen MR) is 55.9 cm³/mol. The summed E-state index contributed by atoms with van der Waals surface area (Å²) in [5.41, 5.74) is 0. The highest BCUT2D eigenvalue weighted by Gasteiger charge is 2.10. The minimum absolute atomic E-state index is 0.00704. The van der Waals surface area contributed by atoms with Gasteiger partial charge in [-0.1, -0.05) is 17.5 Å². The third-order valence-electron chi connectivity index (χ3n) is 1.90. The Kier molecular flexibility index (Phi) is 3.16. The average Bonchev–Trinajstić information content (AvgIpc) is 2.16. The largest absolute Gasteiger partial charge is 0.345 e. The molecule has 0 amide bonds. The molecule has 0 saturated carbocycles. The van der Waals surface area contributed by atoms with E-state index in [1.54, 1.807) is 18.3 Å². The lowest BCUT2D eigenvalue weighted by molar-refractivity contribution is 0.830. The van der Waals surface area contributed by atoms with Gasteiger partial charge in [0, 0.05) is 13.2 Å². The van der Waals surface area contributed by atoms with Crippen LogP contribution in [0.4, 0.5) is 5.82 Å². The van der Waals surface area contributed by atoms with E-state index in [1.807, 2.05) is 18.9 Å². The number of nitrogens with zero attached hydrogens (tertiary/aromatic N) is 2. The Bertz CT molecular complexity index is 330. The summed E-state index contributed by atoms with van der Waals surface area (Å²) in [6.07, 6.45) is 6.99. The molecule has 0 aliphatic rings. The molecule has 1 aromatic heterocycles.